The summed E-state index contributed by atoms with van der Waals surface area (Å²) in [5.41, 5.74) is 0.971. The van der Waals surface area contributed by atoms with Crippen molar-refractivity contribution in [2.75, 3.05) is 14.2 Å². The van der Waals surface area contributed by atoms with Crippen LogP contribution in [0, 0.1) is 0 Å². The van der Waals surface area contributed by atoms with Crippen molar-refractivity contribution >= 4 is 21.6 Å². The molecule has 0 unspecified atom stereocenters. The highest BCUT2D eigenvalue weighted by molar-refractivity contribution is 7.13. The Hall–Kier alpha value is -2.34. The van der Waals surface area contributed by atoms with Crippen LogP contribution in [0.15, 0.2) is 41.3 Å². The normalized spacial score (nSPS) is 10.8. The average molecular weight is 316 g/mol. The first kappa shape index (κ1) is 14.6. The Morgan fingerprint density at radius 1 is 1.18 bits per heavy atom. The minimum Gasteiger partial charge on any atom is -0.493 e. The van der Waals surface area contributed by atoms with E-state index in [0.29, 0.717) is 23.4 Å². The van der Waals surface area contributed by atoms with Crippen LogP contribution in [0.4, 0.5) is 0 Å². The molecular weight excluding hydrogens is 300 g/mol. The van der Waals surface area contributed by atoms with Gasteiger partial charge in [-0.25, -0.2) is 0 Å². The summed E-state index contributed by atoms with van der Waals surface area (Å²) in [6.07, 6.45) is 2.49. The molecule has 5 nitrogen and oxygen atoms in total. The number of methoxy groups -OCH3 is 2. The molecule has 114 valence electrons. The molecule has 0 atom stereocenters. The van der Waals surface area contributed by atoms with Gasteiger partial charge in [0.25, 0.3) is 5.56 Å². The fraction of sp³-hybridized carbons (Fsp3) is 0.250. The standard InChI is InChI=1S/C16H16N2O3S/c1-20-13-9-12-15(10-14(13)21-2)22-18(16(12)19)8-6-11-5-3-4-7-17-11/h3-5,7,9-10H,6,8H2,1-2H3. The Morgan fingerprint density at radius 2 is 1.95 bits per heavy atom. The van der Waals surface area contributed by atoms with Gasteiger partial charge < -0.3 is 9.47 Å². The van der Waals surface area contributed by atoms with Gasteiger partial charge in [0.2, 0.25) is 0 Å². The van der Waals surface area contributed by atoms with E-state index in [9.17, 15) is 4.79 Å². The lowest BCUT2D eigenvalue weighted by molar-refractivity contribution is 0.356. The maximum Gasteiger partial charge on any atom is 0.268 e. The third-order valence-corrected chi connectivity index (χ3v) is 4.55. The fourth-order valence-corrected chi connectivity index (χ4v) is 3.31. The fourth-order valence-electron chi connectivity index (χ4n) is 2.31. The number of ether oxygens (including phenoxy) is 2. The number of hydrogen-bond acceptors (Lipinski definition) is 5. The maximum atomic E-state index is 12.5. The molecule has 2 heterocycles. The van der Waals surface area contributed by atoms with Gasteiger partial charge in [-0.1, -0.05) is 17.6 Å². The van der Waals surface area contributed by atoms with Gasteiger partial charge in [-0.05, 0) is 18.2 Å². The molecule has 0 radical (unpaired) electrons. The molecular formula is C16H16N2O3S. The highest BCUT2D eigenvalue weighted by Crippen LogP contribution is 2.32. The van der Waals surface area contributed by atoms with Crippen LogP contribution in [0.25, 0.3) is 10.1 Å². The SMILES string of the molecule is COc1cc2sn(CCc3ccccn3)c(=O)c2cc1OC. The molecule has 0 fully saturated rings. The minimum absolute atomic E-state index is 0.00289. The predicted molar refractivity (Wildman–Crippen MR) is 87.1 cm³/mol. The molecule has 0 aliphatic heterocycles. The topological polar surface area (TPSA) is 53.4 Å². The molecule has 2 aromatic heterocycles. The van der Waals surface area contributed by atoms with Gasteiger partial charge in [-0.15, -0.1) is 0 Å². The molecule has 0 saturated carbocycles. The summed E-state index contributed by atoms with van der Waals surface area (Å²) in [4.78, 5) is 16.8. The van der Waals surface area contributed by atoms with Crippen molar-refractivity contribution in [3.63, 3.8) is 0 Å². The Bertz CT molecular complexity index is 840. The van der Waals surface area contributed by atoms with Crippen LogP contribution in [0.5, 0.6) is 11.5 Å². The Balaban J connectivity index is 1.94. The molecule has 3 aromatic rings. The summed E-state index contributed by atoms with van der Waals surface area (Å²) in [7, 11) is 3.15. The Kier molecular flexibility index (Phi) is 4.11. The molecule has 6 heteroatoms. The van der Waals surface area contributed by atoms with Crippen molar-refractivity contribution in [2.45, 2.75) is 13.0 Å². The monoisotopic (exact) mass is 316 g/mol. The van der Waals surface area contributed by atoms with Crippen molar-refractivity contribution in [3.05, 3.63) is 52.6 Å². The van der Waals surface area contributed by atoms with Gasteiger partial charge in [0, 0.05) is 30.9 Å². The summed E-state index contributed by atoms with van der Waals surface area (Å²) in [6, 6.07) is 9.38. The number of nitrogens with zero attached hydrogens (tertiary/aromatic N) is 2. The van der Waals surface area contributed by atoms with E-state index in [-0.39, 0.29) is 5.56 Å². The van der Waals surface area contributed by atoms with Gasteiger partial charge in [0.15, 0.2) is 11.5 Å². The molecule has 0 saturated heterocycles. The molecule has 0 N–H and O–H groups in total. The van der Waals surface area contributed by atoms with Crippen molar-refractivity contribution in [1.82, 2.24) is 8.94 Å². The Morgan fingerprint density at radius 3 is 2.64 bits per heavy atom. The first-order chi connectivity index (χ1) is 10.7. The lowest BCUT2D eigenvalue weighted by Crippen LogP contribution is -2.14. The van der Waals surface area contributed by atoms with E-state index >= 15 is 0 Å². The number of benzene rings is 1. The molecule has 22 heavy (non-hydrogen) atoms. The summed E-state index contributed by atoms with van der Waals surface area (Å²) >= 11 is 1.43. The molecule has 0 spiro atoms. The summed E-state index contributed by atoms with van der Waals surface area (Å²) in [6.45, 7) is 0.611. The highest BCUT2D eigenvalue weighted by Gasteiger charge is 2.13. The van der Waals surface area contributed by atoms with E-state index in [2.05, 4.69) is 4.98 Å². The summed E-state index contributed by atoms with van der Waals surface area (Å²) < 4.78 is 13.2. The quantitative estimate of drug-likeness (QED) is 0.726. The molecule has 0 bridgehead atoms. The second-order valence-electron chi connectivity index (χ2n) is 4.77. The van der Waals surface area contributed by atoms with E-state index in [1.165, 1.54) is 11.5 Å². The lowest BCUT2D eigenvalue weighted by Gasteiger charge is -2.05. The zero-order valence-corrected chi connectivity index (χ0v) is 13.2. The number of hydrogen-bond donors (Lipinski definition) is 0. The first-order valence-electron chi connectivity index (χ1n) is 6.88. The highest BCUT2D eigenvalue weighted by atomic mass is 32.1. The molecule has 0 aliphatic carbocycles. The van der Waals surface area contributed by atoms with Gasteiger partial charge >= 0.3 is 0 Å². The van der Waals surface area contributed by atoms with E-state index < -0.39 is 0 Å². The first-order valence-corrected chi connectivity index (χ1v) is 7.66. The van der Waals surface area contributed by atoms with Crippen molar-refractivity contribution in [3.8, 4) is 11.5 Å². The van der Waals surface area contributed by atoms with Crippen LogP contribution >= 0.6 is 11.5 Å². The van der Waals surface area contributed by atoms with Crippen LogP contribution in [-0.2, 0) is 13.0 Å². The number of pyridine rings is 1. The van der Waals surface area contributed by atoms with Gasteiger partial charge in [0.1, 0.15) is 0 Å². The maximum absolute atomic E-state index is 12.5. The molecule has 1 aromatic carbocycles. The Labute approximate surface area is 131 Å². The largest absolute Gasteiger partial charge is 0.493 e. The number of fused-ring (bicyclic) bond motifs is 1. The second-order valence-corrected chi connectivity index (χ2v) is 5.84. The zero-order chi connectivity index (χ0) is 15.5. The van der Waals surface area contributed by atoms with Crippen LogP contribution in [0.3, 0.4) is 0 Å². The molecule has 0 amide bonds. The second kappa shape index (κ2) is 6.19. The van der Waals surface area contributed by atoms with Crippen LogP contribution in [-0.4, -0.2) is 23.2 Å². The lowest BCUT2D eigenvalue weighted by atomic mass is 10.2. The molecule has 3 rings (SSSR count). The van der Waals surface area contributed by atoms with E-state index in [4.69, 9.17) is 9.47 Å². The average Bonchev–Trinajstić information content (AvgIpc) is 2.88. The van der Waals surface area contributed by atoms with E-state index in [1.807, 2.05) is 24.3 Å². The van der Waals surface area contributed by atoms with E-state index in [1.54, 1.807) is 30.4 Å². The van der Waals surface area contributed by atoms with Crippen molar-refractivity contribution < 1.29 is 9.47 Å². The van der Waals surface area contributed by atoms with Crippen LogP contribution in [0.1, 0.15) is 5.69 Å². The van der Waals surface area contributed by atoms with Crippen molar-refractivity contribution in [2.24, 2.45) is 0 Å². The van der Waals surface area contributed by atoms with Crippen LogP contribution < -0.4 is 15.0 Å². The van der Waals surface area contributed by atoms with Gasteiger partial charge in [0.05, 0.1) is 24.3 Å². The number of aryl methyl sites for hydroxylation is 2. The minimum atomic E-state index is -0.00289. The summed E-state index contributed by atoms with van der Waals surface area (Å²) in [5, 5.41) is 0.656. The van der Waals surface area contributed by atoms with E-state index in [0.717, 1.165) is 16.8 Å². The summed E-state index contributed by atoms with van der Waals surface area (Å²) in [5.74, 6) is 1.20. The third-order valence-electron chi connectivity index (χ3n) is 3.45. The third kappa shape index (κ3) is 2.69. The van der Waals surface area contributed by atoms with Crippen LogP contribution in [0.2, 0.25) is 0 Å². The van der Waals surface area contributed by atoms with Gasteiger partial charge in [-0.3, -0.25) is 13.7 Å². The predicted octanol–water partition coefficient (Wildman–Crippen LogP) is 2.72. The number of rotatable bonds is 5. The smallest absolute Gasteiger partial charge is 0.268 e. The van der Waals surface area contributed by atoms with Crippen molar-refractivity contribution in [1.29, 1.82) is 0 Å². The van der Waals surface area contributed by atoms with Gasteiger partial charge in [-0.2, -0.15) is 0 Å². The zero-order valence-electron chi connectivity index (χ0n) is 12.4. The number of aromatic nitrogens is 2. The molecule has 0 aliphatic rings.